The van der Waals surface area contributed by atoms with Crippen LogP contribution in [-0.2, 0) is 21.4 Å². The smallest absolute Gasteiger partial charge is 0.338 e. The van der Waals surface area contributed by atoms with Gasteiger partial charge in [0, 0.05) is 18.9 Å². The lowest BCUT2D eigenvalue weighted by Crippen LogP contribution is -2.23. The predicted molar refractivity (Wildman–Crippen MR) is 101 cm³/mol. The summed E-state index contributed by atoms with van der Waals surface area (Å²) < 4.78 is 33.5. The first kappa shape index (κ1) is 18.8. The zero-order chi connectivity index (χ0) is 19.4. The van der Waals surface area contributed by atoms with Crippen LogP contribution in [0.3, 0.4) is 0 Å². The normalized spacial score (nSPS) is 11.4. The van der Waals surface area contributed by atoms with E-state index in [1.165, 1.54) is 30.3 Å². The molecule has 0 aliphatic rings. The average molecular weight is 385 g/mol. The maximum atomic E-state index is 12.2. The highest BCUT2D eigenvalue weighted by Crippen LogP contribution is 2.14. The number of carbonyl (C=O) groups is 1. The molecule has 0 radical (unpaired) electrons. The zero-order valence-electron chi connectivity index (χ0n) is 14.8. The number of carbonyl (C=O) groups excluding carboxylic acids is 1. The molecule has 0 fully saturated rings. The molecule has 140 valence electrons. The summed E-state index contributed by atoms with van der Waals surface area (Å²) in [5, 5.41) is 0. The van der Waals surface area contributed by atoms with Gasteiger partial charge in [-0.3, -0.25) is 0 Å². The molecular weight excluding hydrogens is 366 g/mol. The number of nitrogens with zero attached hydrogens (tertiary/aromatic N) is 2. The Bertz CT molecular complexity index is 1090. The summed E-state index contributed by atoms with van der Waals surface area (Å²) in [6.07, 6.45) is 5.13. The van der Waals surface area contributed by atoms with Crippen LogP contribution in [0.15, 0.2) is 66.3 Å². The molecule has 0 saturated heterocycles. The standard InChI is InChI=1S/C19H19N3O4S/c1-3-10-20-27(24,25)17-8-6-15(7-9-17)19(23)26-13-16-12-22-11-4-5-14(2)18(22)21-16/h3-9,11-12,20H,1,10,13H2,2H3. The number of hydrogen-bond acceptors (Lipinski definition) is 5. The number of pyridine rings is 1. The predicted octanol–water partition coefficient (Wildman–Crippen LogP) is 2.46. The summed E-state index contributed by atoms with van der Waals surface area (Å²) >= 11 is 0. The van der Waals surface area contributed by atoms with E-state index in [4.69, 9.17) is 4.74 Å². The third kappa shape index (κ3) is 4.24. The molecule has 0 aliphatic carbocycles. The number of aromatic nitrogens is 2. The minimum absolute atomic E-state index is 0.0287. The SMILES string of the molecule is C=CCNS(=O)(=O)c1ccc(C(=O)OCc2cn3cccc(C)c3n2)cc1. The number of ether oxygens (including phenoxy) is 1. The summed E-state index contributed by atoms with van der Waals surface area (Å²) in [7, 11) is -3.63. The Morgan fingerprint density at radius 1 is 1.30 bits per heavy atom. The molecule has 27 heavy (non-hydrogen) atoms. The van der Waals surface area contributed by atoms with Gasteiger partial charge in [0.2, 0.25) is 10.0 Å². The van der Waals surface area contributed by atoms with Crippen molar-refractivity contribution in [1.82, 2.24) is 14.1 Å². The second kappa shape index (κ2) is 7.73. The van der Waals surface area contributed by atoms with E-state index in [2.05, 4.69) is 16.3 Å². The molecule has 0 amide bonds. The number of fused-ring (bicyclic) bond motifs is 1. The van der Waals surface area contributed by atoms with Crippen molar-refractivity contribution in [3.63, 3.8) is 0 Å². The van der Waals surface area contributed by atoms with Crippen LogP contribution in [0.5, 0.6) is 0 Å². The molecule has 2 heterocycles. The molecule has 3 aromatic rings. The van der Waals surface area contributed by atoms with Gasteiger partial charge in [-0.2, -0.15) is 0 Å². The number of esters is 1. The van der Waals surface area contributed by atoms with Gasteiger partial charge in [-0.15, -0.1) is 6.58 Å². The third-order valence-corrected chi connectivity index (χ3v) is 5.34. The average Bonchev–Trinajstić information content (AvgIpc) is 3.09. The number of aryl methyl sites for hydroxylation is 1. The number of hydrogen-bond donors (Lipinski definition) is 1. The van der Waals surface area contributed by atoms with E-state index in [0.717, 1.165) is 11.2 Å². The molecule has 3 rings (SSSR count). The molecule has 1 N–H and O–H groups in total. The molecule has 0 saturated carbocycles. The minimum Gasteiger partial charge on any atom is -0.456 e. The second-order valence-corrected chi connectivity index (χ2v) is 7.66. The summed E-state index contributed by atoms with van der Waals surface area (Å²) in [5.41, 5.74) is 2.73. The van der Waals surface area contributed by atoms with Crippen molar-refractivity contribution in [1.29, 1.82) is 0 Å². The van der Waals surface area contributed by atoms with Crippen molar-refractivity contribution in [3.05, 3.63) is 78.3 Å². The van der Waals surface area contributed by atoms with Crippen LogP contribution in [0.4, 0.5) is 0 Å². The molecule has 0 aliphatic heterocycles. The lowest BCUT2D eigenvalue weighted by molar-refractivity contribution is 0.0468. The first-order valence-corrected chi connectivity index (χ1v) is 9.70. The highest BCUT2D eigenvalue weighted by Gasteiger charge is 2.15. The summed E-state index contributed by atoms with van der Waals surface area (Å²) in [6, 6.07) is 9.42. The summed E-state index contributed by atoms with van der Waals surface area (Å²) in [4.78, 5) is 16.7. The second-order valence-electron chi connectivity index (χ2n) is 5.90. The number of sulfonamides is 1. The lowest BCUT2D eigenvalue weighted by Gasteiger charge is -2.06. The van der Waals surface area contributed by atoms with Gasteiger partial charge >= 0.3 is 5.97 Å². The van der Waals surface area contributed by atoms with Crippen molar-refractivity contribution in [2.45, 2.75) is 18.4 Å². The summed E-state index contributed by atoms with van der Waals surface area (Å²) in [6.45, 7) is 5.58. The highest BCUT2D eigenvalue weighted by atomic mass is 32.2. The lowest BCUT2D eigenvalue weighted by atomic mass is 10.2. The molecule has 8 heteroatoms. The fraction of sp³-hybridized carbons (Fsp3) is 0.158. The van der Waals surface area contributed by atoms with Gasteiger partial charge < -0.3 is 9.14 Å². The van der Waals surface area contributed by atoms with Crippen molar-refractivity contribution >= 4 is 21.6 Å². The van der Waals surface area contributed by atoms with Gasteiger partial charge in [0.1, 0.15) is 12.3 Å². The van der Waals surface area contributed by atoms with E-state index in [9.17, 15) is 13.2 Å². The van der Waals surface area contributed by atoms with Crippen LogP contribution in [0.2, 0.25) is 0 Å². The zero-order valence-corrected chi connectivity index (χ0v) is 15.6. The van der Waals surface area contributed by atoms with Crippen molar-refractivity contribution < 1.29 is 17.9 Å². The molecule has 2 aromatic heterocycles. The number of benzene rings is 1. The first-order valence-electron chi connectivity index (χ1n) is 8.21. The monoisotopic (exact) mass is 385 g/mol. The van der Waals surface area contributed by atoms with Gasteiger partial charge in [0.05, 0.1) is 16.2 Å². The Hall–Kier alpha value is -2.97. The maximum absolute atomic E-state index is 12.2. The Morgan fingerprint density at radius 2 is 2.04 bits per heavy atom. The van der Waals surface area contributed by atoms with E-state index < -0.39 is 16.0 Å². The fourth-order valence-electron chi connectivity index (χ4n) is 2.52. The minimum atomic E-state index is -3.63. The molecule has 7 nitrogen and oxygen atoms in total. The number of nitrogens with one attached hydrogen (secondary N) is 1. The van der Waals surface area contributed by atoms with Crippen molar-refractivity contribution in [3.8, 4) is 0 Å². The molecule has 0 unspecified atom stereocenters. The molecule has 0 bridgehead atoms. The fourth-order valence-corrected chi connectivity index (χ4v) is 3.52. The molecule has 0 atom stereocenters. The summed E-state index contributed by atoms with van der Waals surface area (Å²) in [5.74, 6) is -0.549. The topological polar surface area (TPSA) is 89.8 Å². The van der Waals surface area contributed by atoms with Crippen LogP contribution in [0.25, 0.3) is 5.65 Å². The van der Waals surface area contributed by atoms with Crippen LogP contribution in [0.1, 0.15) is 21.6 Å². The highest BCUT2D eigenvalue weighted by molar-refractivity contribution is 7.89. The largest absolute Gasteiger partial charge is 0.456 e. The molecule has 1 aromatic carbocycles. The van der Waals surface area contributed by atoms with E-state index >= 15 is 0 Å². The molecule has 0 spiro atoms. The quantitative estimate of drug-likeness (QED) is 0.498. The third-order valence-electron chi connectivity index (χ3n) is 3.90. The van der Waals surface area contributed by atoms with Crippen LogP contribution in [0, 0.1) is 6.92 Å². The van der Waals surface area contributed by atoms with E-state index in [1.54, 1.807) is 6.20 Å². The number of rotatable bonds is 7. The van der Waals surface area contributed by atoms with Crippen molar-refractivity contribution in [2.24, 2.45) is 0 Å². The maximum Gasteiger partial charge on any atom is 0.338 e. The first-order chi connectivity index (χ1) is 12.9. The molecular formula is C19H19N3O4S. The van der Waals surface area contributed by atoms with Gasteiger partial charge in [0.15, 0.2) is 0 Å². The van der Waals surface area contributed by atoms with Gasteiger partial charge in [-0.25, -0.2) is 22.9 Å². The van der Waals surface area contributed by atoms with Crippen LogP contribution < -0.4 is 4.72 Å². The van der Waals surface area contributed by atoms with E-state index in [0.29, 0.717) is 5.69 Å². The Balaban J connectivity index is 1.67. The van der Waals surface area contributed by atoms with Crippen LogP contribution in [-0.4, -0.2) is 30.3 Å². The Kier molecular flexibility index (Phi) is 5.38. The van der Waals surface area contributed by atoms with Crippen molar-refractivity contribution in [2.75, 3.05) is 6.54 Å². The number of imidazole rings is 1. The van der Waals surface area contributed by atoms with E-state index in [1.807, 2.05) is 29.7 Å². The van der Waals surface area contributed by atoms with E-state index in [-0.39, 0.29) is 23.6 Å². The van der Waals surface area contributed by atoms with Crippen LogP contribution >= 0.6 is 0 Å². The Morgan fingerprint density at radius 3 is 2.70 bits per heavy atom. The van der Waals surface area contributed by atoms with Gasteiger partial charge in [0.25, 0.3) is 0 Å². The van der Waals surface area contributed by atoms with Gasteiger partial charge in [-0.1, -0.05) is 12.1 Å². The Labute approximate surface area is 157 Å². The van der Waals surface area contributed by atoms with Gasteiger partial charge in [-0.05, 0) is 42.8 Å².